The van der Waals surface area contributed by atoms with E-state index in [2.05, 4.69) is 15.2 Å². The molecule has 7 nitrogen and oxygen atoms in total. The fourth-order valence-corrected chi connectivity index (χ4v) is 1.36. The summed E-state index contributed by atoms with van der Waals surface area (Å²) < 4.78 is 0. The van der Waals surface area contributed by atoms with Crippen LogP contribution in [-0.2, 0) is 19.5 Å². The number of H-pyrrole nitrogens is 1. The van der Waals surface area contributed by atoms with Crippen molar-refractivity contribution in [1.82, 2.24) is 15.2 Å². The molecule has 0 bridgehead atoms. The molecule has 8 heteroatoms. The van der Waals surface area contributed by atoms with Crippen molar-refractivity contribution in [1.29, 1.82) is 0 Å². The molecule has 1 aromatic heterocycles. The van der Waals surface area contributed by atoms with Gasteiger partial charge in [0.1, 0.15) is 6.33 Å². The van der Waals surface area contributed by atoms with Gasteiger partial charge in [0.15, 0.2) is 5.82 Å². The van der Waals surface area contributed by atoms with E-state index in [0.29, 0.717) is 11.4 Å². The van der Waals surface area contributed by atoms with Crippen LogP contribution in [-0.4, -0.2) is 37.3 Å². The number of hydrogen-bond donors (Lipinski definition) is 3. The second-order valence-corrected chi connectivity index (χ2v) is 3.24. The minimum atomic E-state index is -1.20. The van der Waals surface area contributed by atoms with E-state index in [1.165, 1.54) is 18.5 Å². The van der Waals surface area contributed by atoms with Crippen LogP contribution in [0.15, 0.2) is 24.5 Å². The monoisotopic (exact) mass is 297 g/mol. The van der Waals surface area contributed by atoms with Gasteiger partial charge in [-0.2, -0.15) is 5.10 Å². The Labute approximate surface area is 114 Å². The fourth-order valence-electron chi connectivity index (χ4n) is 1.36. The van der Waals surface area contributed by atoms with Gasteiger partial charge in [0.25, 0.3) is 0 Å². The number of nitrogens with zero attached hydrogens (tertiary/aromatic N) is 2. The Hall–Kier alpha value is -2.08. The molecular formula is C10H7N3O4Zn. The number of aromatic amines is 1. The van der Waals surface area contributed by atoms with Gasteiger partial charge in [-0.05, 0) is 18.2 Å². The van der Waals surface area contributed by atoms with E-state index in [4.69, 9.17) is 10.2 Å². The van der Waals surface area contributed by atoms with Gasteiger partial charge in [0.05, 0.1) is 11.1 Å². The fraction of sp³-hybridized carbons (Fsp3) is 0. The summed E-state index contributed by atoms with van der Waals surface area (Å²) in [5.41, 5.74) is 0.132. The third kappa shape index (κ3) is 2.78. The molecule has 18 heavy (non-hydrogen) atoms. The molecule has 0 unspecified atom stereocenters. The molecule has 88 valence electrons. The van der Waals surface area contributed by atoms with Crippen LogP contribution < -0.4 is 0 Å². The second-order valence-electron chi connectivity index (χ2n) is 3.24. The summed E-state index contributed by atoms with van der Waals surface area (Å²) in [6.07, 6.45) is 1.25. The van der Waals surface area contributed by atoms with Gasteiger partial charge >= 0.3 is 11.9 Å². The van der Waals surface area contributed by atoms with E-state index in [1.807, 2.05) is 0 Å². The maximum atomic E-state index is 10.9. The van der Waals surface area contributed by atoms with Crippen LogP contribution in [0.5, 0.6) is 0 Å². The van der Waals surface area contributed by atoms with Crippen molar-refractivity contribution in [2.45, 2.75) is 0 Å². The SMILES string of the molecule is O=C(O)c1cc(C(=O)O)cc(-c2ncn[nH]2)c1.[Zn]. The number of hydrogen-bond acceptors (Lipinski definition) is 4. The maximum absolute atomic E-state index is 10.9. The molecule has 2 rings (SSSR count). The number of rotatable bonds is 3. The van der Waals surface area contributed by atoms with E-state index >= 15 is 0 Å². The molecule has 0 saturated heterocycles. The summed E-state index contributed by atoms with van der Waals surface area (Å²) in [5.74, 6) is -2.08. The van der Waals surface area contributed by atoms with Crippen molar-refractivity contribution < 1.29 is 39.3 Å². The summed E-state index contributed by atoms with van der Waals surface area (Å²) >= 11 is 0. The molecule has 0 radical (unpaired) electrons. The molecule has 0 aliphatic carbocycles. The average molecular weight is 299 g/mol. The standard InChI is InChI=1S/C10H7N3O4.Zn/c14-9(15)6-1-5(8-11-4-12-13-8)2-7(3-6)10(16)17;/h1-4H,(H,14,15)(H,16,17)(H,11,12,13);. The minimum absolute atomic E-state index is 0. The summed E-state index contributed by atoms with van der Waals surface area (Å²) in [6, 6.07) is 3.75. The molecule has 0 fully saturated rings. The Kier molecular flexibility index (Phi) is 4.28. The van der Waals surface area contributed by atoms with Gasteiger partial charge in [-0.1, -0.05) is 0 Å². The predicted molar refractivity (Wildman–Crippen MR) is 55.7 cm³/mol. The van der Waals surface area contributed by atoms with Crippen LogP contribution in [0, 0.1) is 0 Å². The Morgan fingerprint density at radius 1 is 1.06 bits per heavy atom. The van der Waals surface area contributed by atoms with Gasteiger partial charge in [-0.15, -0.1) is 0 Å². The molecule has 0 spiro atoms. The van der Waals surface area contributed by atoms with E-state index in [9.17, 15) is 9.59 Å². The van der Waals surface area contributed by atoms with Crippen molar-refractivity contribution in [3.8, 4) is 11.4 Å². The third-order valence-electron chi connectivity index (χ3n) is 2.12. The van der Waals surface area contributed by atoms with Crippen LogP contribution in [0.2, 0.25) is 0 Å². The van der Waals surface area contributed by atoms with Gasteiger partial charge in [0, 0.05) is 25.0 Å². The normalized spacial score (nSPS) is 9.56. The molecular weight excluding hydrogens is 292 g/mol. The molecule has 2 aromatic rings. The number of nitrogens with one attached hydrogen (secondary N) is 1. The van der Waals surface area contributed by atoms with Crippen LogP contribution in [0.1, 0.15) is 20.7 Å². The van der Waals surface area contributed by atoms with Crippen molar-refractivity contribution in [2.24, 2.45) is 0 Å². The average Bonchev–Trinajstić information content (AvgIpc) is 2.81. The van der Waals surface area contributed by atoms with Crippen molar-refractivity contribution in [3.05, 3.63) is 35.7 Å². The van der Waals surface area contributed by atoms with E-state index in [0.717, 1.165) is 6.07 Å². The Morgan fingerprint density at radius 2 is 1.61 bits per heavy atom. The zero-order valence-electron chi connectivity index (χ0n) is 9.12. The van der Waals surface area contributed by atoms with E-state index < -0.39 is 11.9 Å². The van der Waals surface area contributed by atoms with Crippen LogP contribution >= 0.6 is 0 Å². The molecule has 0 amide bonds. The number of benzene rings is 1. The summed E-state index contributed by atoms with van der Waals surface area (Å²) in [5, 5.41) is 23.9. The quantitative estimate of drug-likeness (QED) is 0.724. The number of carbonyl (C=O) groups is 2. The van der Waals surface area contributed by atoms with Crippen molar-refractivity contribution in [2.75, 3.05) is 0 Å². The maximum Gasteiger partial charge on any atom is 0.335 e. The zero-order chi connectivity index (χ0) is 12.4. The number of carboxylic acid groups (broad SMARTS) is 2. The molecule has 1 aromatic carbocycles. The number of aromatic carboxylic acids is 2. The van der Waals surface area contributed by atoms with Gasteiger partial charge in [-0.3, -0.25) is 5.10 Å². The number of carboxylic acids is 2. The first-order valence-corrected chi connectivity index (χ1v) is 4.55. The summed E-state index contributed by atoms with van der Waals surface area (Å²) in [7, 11) is 0. The summed E-state index contributed by atoms with van der Waals surface area (Å²) in [6.45, 7) is 0. The molecule has 0 saturated carbocycles. The first-order valence-electron chi connectivity index (χ1n) is 4.55. The predicted octanol–water partition coefficient (Wildman–Crippen LogP) is 0.866. The van der Waals surface area contributed by atoms with Gasteiger partial charge < -0.3 is 10.2 Å². The van der Waals surface area contributed by atoms with E-state index in [1.54, 1.807) is 0 Å². The molecule has 1 heterocycles. The molecule has 0 aliphatic rings. The van der Waals surface area contributed by atoms with Crippen LogP contribution in [0.4, 0.5) is 0 Å². The molecule has 0 aliphatic heterocycles. The molecule has 3 N–H and O–H groups in total. The largest absolute Gasteiger partial charge is 0.478 e. The second kappa shape index (κ2) is 5.51. The first-order chi connectivity index (χ1) is 8.08. The van der Waals surface area contributed by atoms with Crippen molar-refractivity contribution >= 4 is 11.9 Å². The molecule has 0 atom stereocenters. The minimum Gasteiger partial charge on any atom is -0.478 e. The van der Waals surface area contributed by atoms with Gasteiger partial charge in [0.2, 0.25) is 0 Å². The Balaban J connectivity index is 0.00000162. The first kappa shape index (κ1) is 14.0. The number of aromatic nitrogens is 3. The van der Waals surface area contributed by atoms with Crippen LogP contribution in [0.3, 0.4) is 0 Å². The Bertz CT molecular complexity index is 551. The third-order valence-corrected chi connectivity index (χ3v) is 2.12. The Morgan fingerprint density at radius 3 is 2.00 bits per heavy atom. The van der Waals surface area contributed by atoms with Gasteiger partial charge in [-0.25, -0.2) is 14.6 Å². The summed E-state index contributed by atoms with van der Waals surface area (Å²) in [4.78, 5) is 25.6. The smallest absolute Gasteiger partial charge is 0.335 e. The zero-order valence-corrected chi connectivity index (χ0v) is 12.1. The van der Waals surface area contributed by atoms with Crippen molar-refractivity contribution in [3.63, 3.8) is 0 Å². The van der Waals surface area contributed by atoms with E-state index in [-0.39, 0.29) is 30.6 Å². The topological polar surface area (TPSA) is 116 Å². The van der Waals surface area contributed by atoms with Crippen LogP contribution in [0.25, 0.3) is 11.4 Å².